The van der Waals surface area contributed by atoms with Crippen molar-refractivity contribution in [3.05, 3.63) is 81.5 Å². The van der Waals surface area contributed by atoms with Gasteiger partial charge < -0.3 is 19.9 Å². The Hall–Kier alpha value is -3.32. The molecule has 0 unspecified atom stereocenters. The number of fused-ring (bicyclic) bond motifs is 1. The minimum Gasteiger partial charge on any atom is -0.491 e. The number of hydrogen-bond donors (Lipinski definition) is 1. The number of nitrogens with zero attached hydrogens (tertiary/aromatic N) is 2. The molecule has 0 saturated carbocycles. The van der Waals surface area contributed by atoms with Gasteiger partial charge in [-0.15, -0.1) is 11.3 Å². The van der Waals surface area contributed by atoms with Gasteiger partial charge in [0.25, 0.3) is 0 Å². The number of amides is 3. The second-order valence-electron chi connectivity index (χ2n) is 10.9. The molecule has 2 heterocycles. The maximum absolute atomic E-state index is 13.8. The summed E-state index contributed by atoms with van der Waals surface area (Å²) in [7, 11) is 0. The fourth-order valence-electron chi connectivity index (χ4n) is 4.82. The van der Waals surface area contributed by atoms with Gasteiger partial charge in [-0.3, -0.25) is 4.79 Å². The highest BCUT2D eigenvalue weighted by molar-refractivity contribution is 7.10. The zero-order valence-electron chi connectivity index (χ0n) is 23.8. The summed E-state index contributed by atoms with van der Waals surface area (Å²) >= 11 is 1.73. The first-order valence-electron chi connectivity index (χ1n) is 14.0. The Kier molecular flexibility index (Phi) is 9.68. The third kappa shape index (κ3) is 7.41. The van der Waals surface area contributed by atoms with Gasteiger partial charge in [-0.25, -0.2) is 4.79 Å². The minimum atomic E-state index is -0.251. The van der Waals surface area contributed by atoms with Gasteiger partial charge in [0, 0.05) is 23.7 Å². The van der Waals surface area contributed by atoms with Gasteiger partial charge in [0.05, 0.1) is 6.04 Å². The van der Waals surface area contributed by atoms with Crippen LogP contribution in [-0.4, -0.2) is 48.0 Å². The fraction of sp³-hybridized carbons (Fsp3) is 0.438. The van der Waals surface area contributed by atoms with Crippen molar-refractivity contribution in [2.75, 3.05) is 31.6 Å². The van der Waals surface area contributed by atoms with Crippen LogP contribution >= 0.6 is 11.3 Å². The number of carbonyl (C=O) groups excluding carboxylic acids is 2. The van der Waals surface area contributed by atoms with Crippen LogP contribution in [0.2, 0.25) is 0 Å². The van der Waals surface area contributed by atoms with E-state index >= 15 is 0 Å². The molecule has 1 aliphatic rings. The number of benzene rings is 2. The van der Waals surface area contributed by atoms with Crippen molar-refractivity contribution >= 4 is 29.0 Å². The molecule has 3 aromatic rings. The van der Waals surface area contributed by atoms with Gasteiger partial charge in [-0.05, 0) is 72.0 Å². The van der Waals surface area contributed by atoms with Crippen molar-refractivity contribution in [1.82, 2.24) is 9.80 Å². The topological polar surface area (TPSA) is 61.9 Å². The number of carbonyl (C=O) groups is 2. The van der Waals surface area contributed by atoms with Crippen LogP contribution in [0.1, 0.15) is 67.6 Å². The second kappa shape index (κ2) is 13.2. The van der Waals surface area contributed by atoms with Crippen molar-refractivity contribution in [1.29, 1.82) is 0 Å². The Morgan fingerprint density at radius 3 is 2.46 bits per heavy atom. The molecular weight excluding hydrogens is 506 g/mol. The molecule has 4 rings (SSSR count). The summed E-state index contributed by atoms with van der Waals surface area (Å²) in [5.41, 5.74) is 4.27. The molecule has 0 bridgehead atoms. The third-order valence-electron chi connectivity index (χ3n) is 7.52. The molecule has 0 fully saturated rings. The first-order valence-corrected chi connectivity index (χ1v) is 14.8. The number of hydrogen-bond acceptors (Lipinski definition) is 4. The molecule has 0 spiro atoms. The molecule has 0 radical (unpaired) electrons. The van der Waals surface area contributed by atoms with Crippen molar-refractivity contribution in [2.45, 2.75) is 59.4 Å². The van der Waals surface area contributed by atoms with E-state index in [9.17, 15) is 9.59 Å². The van der Waals surface area contributed by atoms with Gasteiger partial charge in [0.15, 0.2) is 0 Å². The first kappa shape index (κ1) is 28.7. The van der Waals surface area contributed by atoms with Crippen LogP contribution < -0.4 is 10.1 Å². The third-order valence-corrected chi connectivity index (χ3v) is 8.51. The number of rotatable bonds is 10. The average Bonchev–Trinajstić information content (AvgIpc) is 3.42. The van der Waals surface area contributed by atoms with Gasteiger partial charge in [0.1, 0.15) is 18.9 Å². The van der Waals surface area contributed by atoms with E-state index in [1.54, 1.807) is 16.2 Å². The molecule has 7 heteroatoms. The summed E-state index contributed by atoms with van der Waals surface area (Å²) in [5.74, 6) is 1.47. The molecule has 1 N–H and O–H groups in total. The number of urea groups is 1. The molecule has 39 heavy (non-hydrogen) atoms. The van der Waals surface area contributed by atoms with Gasteiger partial charge in [-0.1, -0.05) is 63.9 Å². The number of anilines is 1. The van der Waals surface area contributed by atoms with E-state index in [0.29, 0.717) is 25.6 Å². The molecule has 1 aromatic heterocycles. The van der Waals surface area contributed by atoms with E-state index < -0.39 is 0 Å². The summed E-state index contributed by atoms with van der Waals surface area (Å²) in [6, 6.07) is 17.6. The predicted molar refractivity (Wildman–Crippen MR) is 160 cm³/mol. The highest BCUT2D eigenvalue weighted by atomic mass is 32.1. The van der Waals surface area contributed by atoms with Crippen LogP contribution in [-0.2, 0) is 11.2 Å². The molecule has 6 nitrogen and oxygen atoms in total. The maximum atomic E-state index is 13.8. The van der Waals surface area contributed by atoms with Gasteiger partial charge in [-0.2, -0.15) is 0 Å². The monoisotopic (exact) mass is 547 g/mol. The van der Waals surface area contributed by atoms with Crippen molar-refractivity contribution in [3.63, 3.8) is 0 Å². The zero-order valence-corrected chi connectivity index (χ0v) is 24.6. The first-order chi connectivity index (χ1) is 18.7. The summed E-state index contributed by atoms with van der Waals surface area (Å²) in [4.78, 5) is 32.0. The van der Waals surface area contributed by atoms with Crippen LogP contribution in [0, 0.1) is 12.8 Å². The zero-order chi connectivity index (χ0) is 27.9. The highest BCUT2D eigenvalue weighted by Gasteiger charge is 2.33. The summed E-state index contributed by atoms with van der Waals surface area (Å²) < 4.78 is 6.23. The predicted octanol–water partition coefficient (Wildman–Crippen LogP) is 7.26. The van der Waals surface area contributed by atoms with Crippen molar-refractivity contribution < 1.29 is 14.3 Å². The number of aryl methyl sites for hydroxylation is 1. The quantitative estimate of drug-likeness (QED) is 0.290. The molecule has 0 aliphatic carbocycles. The van der Waals surface area contributed by atoms with E-state index in [2.05, 4.69) is 56.6 Å². The van der Waals surface area contributed by atoms with Crippen LogP contribution in [0.3, 0.4) is 0 Å². The molecule has 2 atom stereocenters. The fourth-order valence-corrected chi connectivity index (χ4v) is 5.75. The molecular formula is C32H41N3O3S. The lowest BCUT2D eigenvalue weighted by molar-refractivity contribution is -0.135. The van der Waals surface area contributed by atoms with Crippen LogP contribution in [0.15, 0.2) is 60.0 Å². The second-order valence-corrected chi connectivity index (χ2v) is 11.9. The number of ether oxygens (including phenoxy) is 1. The van der Waals surface area contributed by atoms with Crippen LogP contribution in [0.5, 0.6) is 5.75 Å². The number of nitrogens with one attached hydrogen (secondary N) is 1. The Balaban J connectivity index is 1.49. The Labute approximate surface area is 237 Å². The lowest BCUT2D eigenvalue weighted by Gasteiger charge is -2.37. The maximum Gasteiger partial charge on any atom is 0.322 e. The lowest BCUT2D eigenvalue weighted by Crippen LogP contribution is -2.49. The number of thiophene rings is 1. The highest BCUT2D eigenvalue weighted by Crippen LogP contribution is 2.34. The Morgan fingerprint density at radius 1 is 1.08 bits per heavy atom. The van der Waals surface area contributed by atoms with Gasteiger partial charge in [0.2, 0.25) is 5.91 Å². The smallest absolute Gasteiger partial charge is 0.322 e. The summed E-state index contributed by atoms with van der Waals surface area (Å²) in [6.45, 7) is 12.1. The molecule has 2 aromatic carbocycles. The normalized spacial score (nSPS) is 15.5. The standard InChI is InChI=1S/C32H41N3O3S/c1-6-23(4)19-34(32(37)33-26-11-7-24(5)8-12-26)20-31(36)35-17-15-30-28(16-18-39-30)29(35)21-38-27-13-9-25(10-14-27)22(2)3/h7-14,16,18,22-23,29H,6,15,17,19-21H2,1-5H3,(H,33,37)/t23-,29-/m0/s1. The van der Waals surface area contributed by atoms with E-state index in [1.165, 1.54) is 10.4 Å². The largest absolute Gasteiger partial charge is 0.491 e. The van der Waals surface area contributed by atoms with Gasteiger partial charge >= 0.3 is 6.03 Å². The van der Waals surface area contributed by atoms with E-state index in [4.69, 9.17) is 4.74 Å². The van der Waals surface area contributed by atoms with Crippen LogP contribution in [0.25, 0.3) is 0 Å². The summed E-state index contributed by atoms with van der Waals surface area (Å²) in [6.07, 6.45) is 1.75. The van der Waals surface area contributed by atoms with Crippen molar-refractivity contribution in [3.8, 4) is 5.75 Å². The SMILES string of the molecule is CC[C@H](C)CN(CC(=O)N1CCc2sccc2[C@@H]1COc1ccc(C(C)C)cc1)C(=O)Nc1ccc(C)cc1. The average molecular weight is 548 g/mol. The van der Waals surface area contributed by atoms with E-state index in [-0.39, 0.29) is 30.4 Å². The van der Waals surface area contributed by atoms with E-state index in [1.807, 2.05) is 48.2 Å². The molecule has 1 aliphatic heterocycles. The minimum absolute atomic E-state index is 0.0289. The van der Waals surface area contributed by atoms with Crippen molar-refractivity contribution in [2.24, 2.45) is 5.92 Å². The Bertz CT molecular complexity index is 1240. The van der Waals surface area contributed by atoms with E-state index in [0.717, 1.165) is 35.4 Å². The Morgan fingerprint density at radius 2 is 1.79 bits per heavy atom. The lowest BCUT2D eigenvalue weighted by atomic mass is 10.00. The molecule has 208 valence electrons. The molecule has 0 saturated heterocycles. The molecule has 3 amide bonds. The van der Waals surface area contributed by atoms with Crippen LogP contribution in [0.4, 0.5) is 10.5 Å². The summed E-state index contributed by atoms with van der Waals surface area (Å²) in [5, 5.41) is 5.07.